The normalized spacial score (nSPS) is 11.8. The van der Waals surface area contributed by atoms with Gasteiger partial charge in [0.15, 0.2) is 5.83 Å². The summed E-state index contributed by atoms with van der Waals surface area (Å²) in [5, 5.41) is 8.34. The van der Waals surface area contributed by atoms with E-state index in [9.17, 15) is 17.6 Å². The molecule has 0 saturated heterocycles. The predicted molar refractivity (Wildman–Crippen MR) is 82.7 cm³/mol. The zero-order chi connectivity index (χ0) is 16.9. The van der Waals surface area contributed by atoms with Crippen molar-refractivity contribution in [3.05, 3.63) is 66.0 Å². The Balaban J connectivity index is 2.30. The Morgan fingerprint density at radius 3 is 2.43 bits per heavy atom. The van der Waals surface area contributed by atoms with Crippen LogP contribution in [0, 0.1) is 0 Å². The van der Waals surface area contributed by atoms with Gasteiger partial charge >= 0.3 is 5.91 Å². The van der Waals surface area contributed by atoms with Crippen LogP contribution in [-0.4, -0.2) is 19.5 Å². The topological polar surface area (TPSA) is 95.5 Å². The van der Waals surface area contributed by atoms with Gasteiger partial charge in [-0.1, -0.05) is 30.3 Å². The minimum atomic E-state index is -3.85. The van der Waals surface area contributed by atoms with E-state index in [1.54, 1.807) is 30.3 Å². The number of anilines is 1. The van der Waals surface area contributed by atoms with Gasteiger partial charge in [0.2, 0.25) is 0 Å². The monoisotopic (exact) mass is 336 g/mol. The molecule has 8 heteroatoms. The van der Waals surface area contributed by atoms with Crippen LogP contribution in [0.3, 0.4) is 0 Å². The molecule has 23 heavy (non-hydrogen) atoms. The summed E-state index contributed by atoms with van der Waals surface area (Å²) in [4.78, 5) is 10.8. The summed E-state index contributed by atoms with van der Waals surface area (Å²) in [6.07, 6.45) is 0.813. The summed E-state index contributed by atoms with van der Waals surface area (Å²) in [6, 6.07) is 13.7. The summed E-state index contributed by atoms with van der Waals surface area (Å²) in [6.45, 7) is 0. The molecule has 2 rings (SSSR count). The second kappa shape index (κ2) is 7.03. The largest absolute Gasteiger partial charge is 0.303 e. The quantitative estimate of drug-likeness (QED) is 0.443. The van der Waals surface area contributed by atoms with E-state index in [-0.39, 0.29) is 10.5 Å². The molecule has 0 aliphatic rings. The number of hydrogen-bond donors (Lipinski definition) is 3. The molecule has 0 heterocycles. The third-order valence-corrected chi connectivity index (χ3v) is 4.19. The molecule has 6 nitrogen and oxygen atoms in total. The summed E-state index contributed by atoms with van der Waals surface area (Å²) < 4.78 is 40.3. The lowest BCUT2D eigenvalue weighted by atomic mass is 10.2. The fraction of sp³-hybridized carbons (Fsp3) is 0. The van der Waals surface area contributed by atoms with Crippen molar-refractivity contribution in [3.63, 3.8) is 0 Å². The first-order valence-corrected chi connectivity index (χ1v) is 7.90. The van der Waals surface area contributed by atoms with E-state index in [2.05, 4.69) is 4.72 Å². The van der Waals surface area contributed by atoms with E-state index >= 15 is 0 Å². The highest BCUT2D eigenvalue weighted by atomic mass is 32.2. The molecule has 0 bridgehead atoms. The third kappa shape index (κ3) is 4.38. The number of carbonyl (C=O) groups is 1. The average Bonchev–Trinajstić information content (AvgIpc) is 2.55. The predicted octanol–water partition coefficient (Wildman–Crippen LogP) is 2.30. The van der Waals surface area contributed by atoms with Crippen molar-refractivity contribution in [1.29, 1.82) is 0 Å². The number of sulfonamides is 1. The average molecular weight is 336 g/mol. The van der Waals surface area contributed by atoms with Crippen molar-refractivity contribution >= 4 is 27.7 Å². The number of benzene rings is 2. The number of halogens is 1. The number of para-hydroxylation sites is 1. The maximum absolute atomic E-state index is 13.4. The molecule has 0 unspecified atom stereocenters. The lowest BCUT2D eigenvalue weighted by Crippen LogP contribution is -2.18. The first-order chi connectivity index (χ1) is 10.9. The summed E-state index contributed by atoms with van der Waals surface area (Å²) in [5.74, 6) is -2.57. The highest BCUT2D eigenvalue weighted by Crippen LogP contribution is 2.18. The van der Waals surface area contributed by atoms with Crippen LogP contribution in [0.4, 0.5) is 10.1 Å². The lowest BCUT2D eigenvalue weighted by molar-refractivity contribution is -0.126. The molecule has 0 fully saturated rings. The fourth-order valence-corrected chi connectivity index (χ4v) is 2.87. The molecule has 1 amide bonds. The molecule has 0 aliphatic heterocycles. The maximum Gasteiger partial charge on any atom is 0.303 e. The first-order valence-electron chi connectivity index (χ1n) is 6.42. The Hall–Kier alpha value is -2.71. The maximum atomic E-state index is 13.4. The zero-order valence-electron chi connectivity index (χ0n) is 11.7. The van der Waals surface area contributed by atoms with Gasteiger partial charge in [-0.25, -0.2) is 18.3 Å². The number of amides is 1. The van der Waals surface area contributed by atoms with Gasteiger partial charge in [-0.2, -0.15) is 0 Å². The van der Waals surface area contributed by atoms with E-state index in [0.717, 1.165) is 11.6 Å². The van der Waals surface area contributed by atoms with E-state index in [0.29, 0.717) is 5.69 Å². The Morgan fingerprint density at radius 1 is 1.09 bits per heavy atom. The first kappa shape index (κ1) is 16.7. The van der Waals surface area contributed by atoms with E-state index in [1.165, 1.54) is 24.3 Å². The standard InChI is InChI=1S/C15H13FN2O4S/c16-14(15(19)17-20)10-11-5-4-8-13(9-11)23(21,22)18-12-6-2-1-3-7-12/h1-10,18,20H,(H,17,19). The Morgan fingerprint density at radius 2 is 1.78 bits per heavy atom. The minimum Gasteiger partial charge on any atom is -0.288 e. The molecule has 0 saturated carbocycles. The molecular formula is C15H13FN2O4S. The molecule has 2 aromatic carbocycles. The lowest BCUT2D eigenvalue weighted by Gasteiger charge is -2.08. The van der Waals surface area contributed by atoms with Gasteiger partial charge in [0, 0.05) is 5.69 Å². The van der Waals surface area contributed by atoms with Crippen molar-refractivity contribution in [2.45, 2.75) is 4.90 Å². The molecule has 0 aliphatic carbocycles. The fourth-order valence-electron chi connectivity index (χ4n) is 1.76. The number of nitrogens with one attached hydrogen (secondary N) is 2. The SMILES string of the molecule is O=C(NO)C(F)=Cc1cccc(S(=O)(=O)Nc2ccccc2)c1. The molecule has 3 N–H and O–H groups in total. The van der Waals surface area contributed by atoms with Gasteiger partial charge in [0.25, 0.3) is 10.0 Å². The highest BCUT2D eigenvalue weighted by molar-refractivity contribution is 7.92. The van der Waals surface area contributed by atoms with Gasteiger partial charge in [-0.3, -0.25) is 14.7 Å². The molecular weight excluding hydrogens is 323 g/mol. The van der Waals surface area contributed by atoms with Crippen LogP contribution < -0.4 is 10.2 Å². The smallest absolute Gasteiger partial charge is 0.288 e. The van der Waals surface area contributed by atoms with E-state index in [1.807, 2.05) is 0 Å². The Bertz CT molecular complexity index is 836. The molecule has 0 atom stereocenters. The van der Waals surface area contributed by atoms with Gasteiger partial charge in [0.05, 0.1) is 4.90 Å². The highest BCUT2D eigenvalue weighted by Gasteiger charge is 2.15. The number of hydroxylamine groups is 1. The molecule has 2 aromatic rings. The van der Waals surface area contributed by atoms with Crippen molar-refractivity contribution in [1.82, 2.24) is 5.48 Å². The summed E-state index contributed by atoms with van der Waals surface area (Å²) >= 11 is 0. The third-order valence-electron chi connectivity index (χ3n) is 2.81. The molecule has 120 valence electrons. The number of rotatable bonds is 5. The number of hydrogen-bond acceptors (Lipinski definition) is 4. The van der Waals surface area contributed by atoms with Crippen LogP contribution in [0.5, 0.6) is 0 Å². The van der Waals surface area contributed by atoms with E-state index in [4.69, 9.17) is 5.21 Å². The summed E-state index contributed by atoms with van der Waals surface area (Å²) in [7, 11) is -3.85. The van der Waals surface area contributed by atoms with Crippen molar-refractivity contribution < 1.29 is 22.8 Å². The molecule has 0 spiro atoms. The van der Waals surface area contributed by atoms with Crippen molar-refractivity contribution in [3.8, 4) is 0 Å². The second-order valence-corrected chi connectivity index (χ2v) is 6.16. The van der Waals surface area contributed by atoms with Crippen LogP contribution in [0.2, 0.25) is 0 Å². The van der Waals surface area contributed by atoms with Gasteiger partial charge in [0.1, 0.15) is 0 Å². The molecule has 0 aromatic heterocycles. The minimum absolute atomic E-state index is 0.0905. The van der Waals surface area contributed by atoms with Gasteiger partial charge in [-0.15, -0.1) is 0 Å². The number of carbonyl (C=O) groups excluding carboxylic acids is 1. The van der Waals surface area contributed by atoms with Crippen LogP contribution in [0.15, 0.2) is 65.3 Å². The van der Waals surface area contributed by atoms with Gasteiger partial charge < -0.3 is 0 Å². The van der Waals surface area contributed by atoms with E-state index < -0.39 is 21.8 Å². The van der Waals surface area contributed by atoms with Crippen LogP contribution in [0.25, 0.3) is 6.08 Å². The Labute approximate surface area is 132 Å². The van der Waals surface area contributed by atoms with Gasteiger partial charge in [-0.05, 0) is 35.9 Å². The Kier molecular flexibility index (Phi) is 5.09. The second-order valence-electron chi connectivity index (χ2n) is 4.48. The van der Waals surface area contributed by atoms with Crippen LogP contribution >= 0.6 is 0 Å². The van der Waals surface area contributed by atoms with Crippen LogP contribution in [0.1, 0.15) is 5.56 Å². The molecule has 0 radical (unpaired) electrons. The zero-order valence-corrected chi connectivity index (χ0v) is 12.5. The van der Waals surface area contributed by atoms with Crippen molar-refractivity contribution in [2.75, 3.05) is 4.72 Å². The summed E-state index contributed by atoms with van der Waals surface area (Å²) in [5.41, 5.74) is 1.69. The van der Waals surface area contributed by atoms with Crippen LogP contribution in [-0.2, 0) is 14.8 Å². The van der Waals surface area contributed by atoms with Crippen molar-refractivity contribution in [2.24, 2.45) is 0 Å².